The van der Waals surface area contributed by atoms with E-state index in [0.29, 0.717) is 24.1 Å². The number of benzene rings is 1. The zero-order valence-electron chi connectivity index (χ0n) is 14.1. The quantitative estimate of drug-likeness (QED) is 0.574. The summed E-state index contributed by atoms with van der Waals surface area (Å²) >= 11 is 1.50. The molecule has 3 rings (SSSR count). The van der Waals surface area contributed by atoms with Crippen LogP contribution in [0.4, 0.5) is 5.69 Å². The van der Waals surface area contributed by atoms with Crippen LogP contribution in [0.1, 0.15) is 27.2 Å². The molecule has 9 heteroatoms. The molecule has 1 fully saturated rings. The van der Waals surface area contributed by atoms with E-state index in [1.807, 2.05) is 17.5 Å². The van der Waals surface area contributed by atoms with Gasteiger partial charge in [-0.3, -0.25) is 14.9 Å². The molecule has 1 aliphatic rings. The summed E-state index contributed by atoms with van der Waals surface area (Å²) in [5.41, 5.74) is 0.680. The molecule has 7 nitrogen and oxygen atoms in total. The van der Waals surface area contributed by atoms with Crippen molar-refractivity contribution >= 4 is 32.8 Å². The molecule has 2 aromatic rings. The van der Waals surface area contributed by atoms with Crippen molar-refractivity contribution in [2.45, 2.75) is 25.9 Å². The van der Waals surface area contributed by atoms with E-state index in [9.17, 15) is 23.3 Å². The highest BCUT2D eigenvalue weighted by molar-refractivity contribution is 7.91. The van der Waals surface area contributed by atoms with Gasteiger partial charge < -0.3 is 4.90 Å². The molecule has 1 saturated heterocycles. The third-order valence-corrected chi connectivity index (χ3v) is 7.07. The van der Waals surface area contributed by atoms with Gasteiger partial charge in [0.15, 0.2) is 9.84 Å². The molecular weight excluding hydrogens is 376 g/mol. The summed E-state index contributed by atoms with van der Waals surface area (Å²) in [6.45, 7) is 1.91. The largest absolute Gasteiger partial charge is 0.329 e. The van der Waals surface area contributed by atoms with Gasteiger partial charge in [0.2, 0.25) is 0 Å². The van der Waals surface area contributed by atoms with E-state index >= 15 is 0 Å². The number of rotatable bonds is 5. The number of carbonyl (C=O) groups excluding carboxylic acids is 1. The van der Waals surface area contributed by atoms with Crippen molar-refractivity contribution in [2.24, 2.45) is 0 Å². The lowest BCUT2D eigenvalue weighted by Crippen LogP contribution is -2.40. The van der Waals surface area contributed by atoms with Gasteiger partial charge in [-0.05, 0) is 36.9 Å². The van der Waals surface area contributed by atoms with E-state index in [4.69, 9.17) is 0 Å². The van der Waals surface area contributed by atoms with Crippen LogP contribution >= 0.6 is 11.3 Å². The Morgan fingerprint density at radius 3 is 2.69 bits per heavy atom. The highest BCUT2D eigenvalue weighted by atomic mass is 32.2. The van der Waals surface area contributed by atoms with Gasteiger partial charge in [0.05, 0.1) is 23.0 Å². The van der Waals surface area contributed by atoms with Gasteiger partial charge in [0.25, 0.3) is 11.6 Å². The molecule has 26 heavy (non-hydrogen) atoms. The number of thiophene rings is 1. The molecule has 2 heterocycles. The molecule has 1 aromatic carbocycles. The Morgan fingerprint density at radius 2 is 2.15 bits per heavy atom. The van der Waals surface area contributed by atoms with Crippen LogP contribution < -0.4 is 0 Å². The van der Waals surface area contributed by atoms with Crippen LogP contribution in [-0.2, 0) is 16.4 Å². The van der Waals surface area contributed by atoms with E-state index in [0.717, 1.165) is 4.88 Å². The molecule has 0 saturated carbocycles. The zero-order valence-corrected chi connectivity index (χ0v) is 15.8. The number of amides is 1. The van der Waals surface area contributed by atoms with Crippen molar-refractivity contribution in [1.82, 2.24) is 4.90 Å². The lowest BCUT2D eigenvalue weighted by Gasteiger charge is -2.28. The maximum atomic E-state index is 13.1. The molecule has 1 aromatic heterocycles. The Morgan fingerprint density at radius 1 is 1.38 bits per heavy atom. The minimum atomic E-state index is -3.14. The van der Waals surface area contributed by atoms with Crippen molar-refractivity contribution in [3.63, 3.8) is 0 Å². The van der Waals surface area contributed by atoms with Crippen molar-refractivity contribution in [2.75, 3.05) is 11.5 Å². The summed E-state index contributed by atoms with van der Waals surface area (Å²) in [4.78, 5) is 26.1. The Hall–Kier alpha value is -2.26. The zero-order chi connectivity index (χ0) is 18.9. The number of carbonyl (C=O) groups is 1. The second kappa shape index (κ2) is 7.16. The van der Waals surface area contributed by atoms with Crippen LogP contribution in [0.3, 0.4) is 0 Å². The van der Waals surface area contributed by atoms with Crippen LogP contribution in [0.25, 0.3) is 0 Å². The SMILES string of the molecule is Cc1cc(C(=O)N(Cc2cccs2)[C@H]2CCS(=O)(=O)C2)ccc1[N+](=O)[O-]. The van der Waals surface area contributed by atoms with E-state index in [1.54, 1.807) is 11.8 Å². The average molecular weight is 394 g/mol. The molecule has 138 valence electrons. The van der Waals surface area contributed by atoms with Crippen LogP contribution in [0.5, 0.6) is 0 Å². The van der Waals surface area contributed by atoms with E-state index < -0.39 is 14.8 Å². The maximum absolute atomic E-state index is 13.1. The van der Waals surface area contributed by atoms with Gasteiger partial charge in [0.1, 0.15) is 0 Å². The minimum absolute atomic E-state index is 0.0456. The minimum Gasteiger partial charge on any atom is -0.329 e. The summed E-state index contributed by atoms with van der Waals surface area (Å²) in [5.74, 6) is -0.278. The highest BCUT2D eigenvalue weighted by Gasteiger charge is 2.35. The second-order valence-electron chi connectivity index (χ2n) is 6.33. The number of nitro groups is 1. The Balaban J connectivity index is 1.92. The van der Waals surface area contributed by atoms with E-state index in [1.165, 1.54) is 29.5 Å². The average Bonchev–Trinajstić information content (AvgIpc) is 3.20. The lowest BCUT2D eigenvalue weighted by atomic mass is 10.1. The van der Waals surface area contributed by atoms with Gasteiger partial charge in [-0.1, -0.05) is 6.07 Å². The van der Waals surface area contributed by atoms with Gasteiger partial charge in [-0.2, -0.15) is 0 Å². The molecule has 1 amide bonds. The van der Waals surface area contributed by atoms with Crippen LogP contribution in [-0.4, -0.2) is 41.7 Å². The standard InChI is InChI=1S/C17H18N2O5S2/c1-12-9-13(4-5-16(12)19(21)22)17(20)18(10-15-3-2-7-25-15)14-6-8-26(23,24)11-14/h2-5,7,9,14H,6,8,10-11H2,1H3/t14-/m0/s1. The summed E-state index contributed by atoms with van der Waals surface area (Å²) in [6, 6.07) is 7.63. The first kappa shape index (κ1) is 18.5. The summed E-state index contributed by atoms with van der Waals surface area (Å²) in [7, 11) is -3.14. The van der Waals surface area contributed by atoms with Crippen LogP contribution in [0.15, 0.2) is 35.7 Å². The van der Waals surface area contributed by atoms with Crippen molar-refractivity contribution < 1.29 is 18.1 Å². The number of hydrogen-bond acceptors (Lipinski definition) is 6. The molecule has 0 aliphatic carbocycles. The first-order valence-corrected chi connectivity index (χ1v) is 10.8. The molecule has 1 aliphatic heterocycles. The molecule has 0 radical (unpaired) electrons. The van der Waals surface area contributed by atoms with Gasteiger partial charge in [0, 0.05) is 28.1 Å². The van der Waals surface area contributed by atoms with Crippen molar-refractivity contribution in [1.29, 1.82) is 0 Å². The van der Waals surface area contributed by atoms with Crippen molar-refractivity contribution in [3.8, 4) is 0 Å². The number of aryl methyl sites for hydroxylation is 1. The fraction of sp³-hybridized carbons (Fsp3) is 0.353. The van der Waals surface area contributed by atoms with Crippen LogP contribution in [0.2, 0.25) is 0 Å². The summed E-state index contributed by atoms with van der Waals surface area (Å²) < 4.78 is 23.7. The number of hydrogen-bond donors (Lipinski definition) is 0. The number of nitro benzene ring substituents is 1. The molecule has 1 atom stereocenters. The van der Waals surface area contributed by atoms with Crippen LogP contribution in [0, 0.1) is 17.0 Å². The van der Waals surface area contributed by atoms with E-state index in [2.05, 4.69) is 0 Å². The topological polar surface area (TPSA) is 97.6 Å². The second-order valence-corrected chi connectivity index (χ2v) is 9.59. The predicted octanol–water partition coefficient (Wildman–Crippen LogP) is 2.79. The third-order valence-electron chi connectivity index (χ3n) is 4.46. The first-order chi connectivity index (χ1) is 12.3. The summed E-state index contributed by atoms with van der Waals surface area (Å²) in [6.07, 6.45) is 0.408. The fourth-order valence-electron chi connectivity index (χ4n) is 3.12. The molecule has 0 bridgehead atoms. The summed E-state index contributed by atoms with van der Waals surface area (Å²) in [5, 5.41) is 12.9. The predicted molar refractivity (Wildman–Crippen MR) is 99.1 cm³/mol. The third kappa shape index (κ3) is 3.94. The Bertz CT molecular complexity index is 938. The highest BCUT2D eigenvalue weighted by Crippen LogP contribution is 2.25. The smallest absolute Gasteiger partial charge is 0.272 e. The maximum Gasteiger partial charge on any atom is 0.272 e. The number of nitrogens with zero attached hydrogens (tertiary/aromatic N) is 2. The van der Waals surface area contributed by atoms with Crippen molar-refractivity contribution in [3.05, 3.63) is 61.8 Å². The molecular formula is C17H18N2O5S2. The van der Waals surface area contributed by atoms with Gasteiger partial charge in [-0.25, -0.2) is 8.42 Å². The van der Waals surface area contributed by atoms with Gasteiger partial charge in [-0.15, -0.1) is 11.3 Å². The van der Waals surface area contributed by atoms with E-state index in [-0.39, 0.29) is 29.1 Å². The monoisotopic (exact) mass is 394 g/mol. The van der Waals surface area contributed by atoms with Gasteiger partial charge >= 0.3 is 0 Å². The molecule has 0 unspecified atom stereocenters. The molecule has 0 N–H and O–H groups in total. The fourth-order valence-corrected chi connectivity index (χ4v) is 5.55. The Labute approximate surface area is 155 Å². The normalized spacial score (nSPS) is 18.6. The first-order valence-electron chi connectivity index (χ1n) is 8.05. The Kier molecular flexibility index (Phi) is 5.10. The lowest BCUT2D eigenvalue weighted by molar-refractivity contribution is -0.385. The number of sulfone groups is 1. The molecule has 0 spiro atoms.